The highest BCUT2D eigenvalue weighted by atomic mass is 32.2. The van der Waals surface area contributed by atoms with E-state index in [-0.39, 0.29) is 0 Å². The second-order valence-electron chi connectivity index (χ2n) is 2.28. The van der Waals surface area contributed by atoms with Gasteiger partial charge in [-0.15, -0.1) is 0 Å². The molecule has 0 amide bonds. The predicted molar refractivity (Wildman–Crippen MR) is 41.9 cm³/mol. The van der Waals surface area contributed by atoms with Crippen LogP contribution in [0, 0.1) is 0 Å². The number of carbonyl (C=O) groups excluding carboxylic acids is 2. The van der Waals surface area contributed by atoms with E-state index < -0.39 is 35.5 Å². The molecular weight excluding hydrogens is 216 g/mol. The maximum atomic E-state index is 11.0. The Kier molecular flexibility index (Phi) is 3.55. The second kappa shape index (κ2) is 4.49. The average Bonchev–Trinajstić information content (AvgIpc) is 2.58. The van der Waals surface area contributed by atoms with Gasteiger partial charge in [-0.05, 0) is 0 Å². The molecule has 8 heteroatoms. The lowest BCUT2D eigenvalue weighted by molar-refractivity contribution is -0.160. The first-order valence-electron chi connectivity index (χ1n) is 3.52. The van der Waals surface area contributed by atoms with Crippen LogP contribution in [0.15, 0.2) is 0 Å². The van der Waals surface area contributed by atoms with Crippen molar-refractivity contribution in [2.75, 3.05) is 14.2 Å². The monoisotopic (exact) mass is 224 g/mol. The Labute approximate surface area is 82.1 Å². The molecule has 1 aliphatic rings. The zero-order valence-corrected chi connectivity index (χ0v) is 8.24. The zero-order chi connectivity index (χ0) is 10.7. The number of hydrogen-bond acceptors (Lipinski definition) is 7. The van der Waals surface area contributed by atoms with Crippen LogP contribution in [-0.2, 0) is 38.8 Å². The Balaban J connectivity index is 2.77. The summed E-state index contributed by atoms with van der Waals surface area (Å²) in [7, 11) is 2.22. The number of methoxy groups -OCH3 is 2. The van der Waals surface area contributed by atoms with Crippen molar-refractivity contribution in [1.82, 2.24) is 0 Å². The standard InChI is InChI=1S/C6H8O7S/c1-10-5(7)3-4(6(8)11-2)13-14(9)12-3/h3-4H,1-2H3/t3-,4-/m1/s1. The van der Waals surface area contributed by atoms with E-state index in [9.17, 15) is 13.8 Å². The van der Waals surface area contributed by atoms with Crippen LogP contribution in [-0.4, -0.2) is 42.6 Å². The van der Waals surface area contributed by atoms with Gasteiger partial charge in [0, 0.05) is 0 Å². The quantitative estimate of drug-likeness (QED) is 0.538. The van der Waals surface area contributed by atoms with Gasteiger partial charge in [-0.2, -0.15) is 4.21 Å². The van der Waals surface area contributed by atoms with E-state index in [4.69, 9.17) is 0 Å². The third kappa shape index (κ3) is 2.08. The third-order valence-corrected chi connectivity index (χ3v) is 2.24. The summed E-state index contributed by atoms with van der Waals surface area (Å²) >= 11 is -2.13. The molecule has 14 heavy (non-hydrogen) atoms. The van der Waals surface area contributed by atoms with E-state index in [1.54, 1.807) is 0 Å². The molecule has 7 nitrogen and oxygen atoms in total. The fourth-order valence-electron chi connectivity index (χ4n) is 0.851. The van der Waals surface area contributed by atoms with E-state index in [0.717, 1.165) is 14.2 Å². The van der Waals surface area contributed by atoms with Crippen molar-refractivity contribution in [2.24, 2.45) is 0 Å². The first kappa shape index (κ1) is 11.1. The molecule has 80 valence electrons. The predicted octanol–water partition coefficient (Wildman–Crippen LogP) is -1.30. The Morgan fingerprint density at radius 2 is 1.43 bits per heavy atom. The molecule has 1 rings (SSSR count). The van der Waals surface area contributed by atoms with Crippen LogP contribution in [0.2, 0.25) is 0 Å². The van der Waals surface area contributed by atoms with Gasteiger partial charge in [0.05, 0.1) is 14.2 Å². The van der Waals surface area contributed by atoms with Crippen LogP contribution in [0.3, 0.4) is 0 Å². The summed E-state index contributed by atoms with van der Waals surface area (Å²) in [6.07, 6.45) is -2.68. The number of ether oxygens (including phenoxy) is 2. The lowest BCUT2D eigenvalue weighted by atomic mass is 10.2. The average molecular weight is 224 g/mol. The molecule has 0 aliphatic carbocycles. The van der Waals surface area contributed by atoms with Crippen LogP contribution in [0.25, 0.3) is 0 Å². The third-order valence-electron chi connectivity index (χ3n) is 1.51. The highest BCUT2D eigenvalue weighted by molar-refractivity contribution is 7.75. The molecule has 0 aromatic carbocycles. The van der Waals surface area contributed by atoms with Gasteiger partial charge in [0.2, 0.25) is 12.2 Å². The molecule has 0 N–H and O–H groups in total. The Hall–Kier alpha value is -0.990. The van der Waals surface area contributed by atoms with Crippen molar-refractivity contribution in [1.29, 1.82) is 0 Å². The molecule has 0 aromatic rings. The Bertz CT molecular complexity index is 249. The molecular formula is C6H8O7S. The molecule has 0 radical (unpaired) electrons. The van der Waals surface area contributed by atoms with Crippen LogP contribution >= 0.6 is 0 Å². The van der Waals surface area contributed by atoms with Gasteiger partial charge in [-0.1, -0.05) is 0 Å². The molecule has 1 saturated heterocycles. The van der Waals surface area contributed by atoms with Crippen molar-refractivity contribution in [3.8, 4) is 0 Å². The minimum absolute atomic E-state index is 0.841. The lowest BCUT2D eigenvalue weighted by Crippen LogP contribution is -2.38. The summed E-state index contributed by atoms with van der Waals surface area (Å²) in [6.45, 7) is 0. The van der Waals surface area contributed by atoms with Gasteiger partial charge < -0.3 is 9.47 Å². The molecule has 1 fully saturated rings. The number of esters is 2. The van der Waals surface area contributed by atoms with Crippen LogP contribution in [0.5, 0.6) is 0 Å². The van der Waals surface area contributed by atoms with E-state index in [0.29, 0.717) is 0 Å². The van der Waals surface area contributed by atoms with Gasteiger partial charge in [-0.3, -0.25) is 0 Å². The first-order chi connectivity index (χ1) is 6.60. The van der Waals surface area contributed by atoms with E-state index >= 15 is 0 Å². The maximum absolute atomic E-state index is 11.0. The zero-order valence-electron chi connectivity index (χ0n) is 7.42. The molecule has 0 saturated carbocycles. The highest BCUT2D eigenvalue weighted by Crippen LogP contribution is 2.19. The van der Waals surface area contributed by atoms with Gasteiger partial charge in [0.15, 0.2) is 0 Å². The normalized spacial score (nSPS) is 27.3. The summed E-state index contributed by atoms with van der Waals surface area (Å²) in [4.78, 5) is 22.0. The van der Waals surface area contributed by atoms with Gasteiger partial charge in [-0.25, -0.2) is 18.0 Å². The fraction of sp³-hybridized carbons (Fsp3) is 0.667. The van der Waals surface area contributed by atoms with Crippen LogP contribution < -0.4 is 0 Å². The molecule has 1 aliphatic heterocycles. The topological polar surface area (TPSA) is 88.1 Å². The molecule has 0 bridgehead atoms. The van der Waals surface area contributed by atoms with E-state index in [1.165, 1.54) is 0 Å². The summed E-state index contributed by atoms with van der Waals surface area (Å²) < 4.78 is 28.4. The van der Waals surface area contributed by atoms with Crippen molar-refractivity contribution < 1.29 is 31.6 Å². The number of rotatable bonds is 2. The van der Waals surface area contributed by atoms with Crippen molar-refractivity contribution in [2.45, 2.75) is 12.2 Å². The summed E-state index contributed by atoms with van der Waals surface area (Å²) in [5.74, 6) is -1.68. The maximum Gasteiger partial charge on any atom is 0.340 e. The van der Waals surface area contributed by atoms with E-state index in [2.05, 4.69) is 17.8 Å². The van der Waals surface area contributed by atoms with Gasteiger partial charge in [0.1, 0.15) is 0 Å². The molecule has 0 aromatic heterocycles. The largest absolute Gasteiger partial charge is 0.467 e. The summed E-state index contributed by atoms with van der Waals surface area (Å²) in [5, 5.41) is 0. The summed E-state index contributed by atoms with van der Waals surface area (Å²) in [6, 6.07) is 0. The minimum atomic E-state index is -2.13. The number of carbonyl (C=O) groups is 2. The Morgan fingerprint density at radius 3 is 1.71 bits per heavy atom. The number of hydrogen-bond donors (Lipinski definition) is 0. The second-order valence-corrected chi connectivity index (χ2v) is 3.08. The molecule has 0 spiro atoms. The highest BCUT2D eigenvalue weighted by Gasteiger charge is 2.46. The van der Waals surface area contributed by atoms with Crippen LogP contribution in [0.4, 0.5) is 0 Å². The fourth-order valence-corrected chi connectivity index (χ4v) is 1.59. The van der Waals surface area contributed by atoms with Crippen molar-refractivity contribution in [3.05, 3.63) is 0 Å². The molecule has 1 heterocycles. The van der Waals surface area contributed by atoms with Crippen molar-refractivity contribution >= 4 is 23.3 Å². The van der Waals surface area contributed by atoms with Gasteiger partial charge in [0.25, 0.3) is 0 Å². The SMILES string of the molecule is COC(=O)[C@@H]1OS(=O)O[C@H]1C(=O)OC. The molecule has 2 atom stereocenters. The molecule has 0 unspecified atom stereocenters. The minimum Gasteiger partial charge on any atom is -0.467 e. The lowest BCUT2D eigenvalue weighted by Gasteiger charge is -2.09. The first-order valence-corrected chi connectivity index (χ1v) is 4.52. The van der Waals surface area contributed by atoms with E-state index in [1.807, 2.05) is 0 Å². The van der Waals surface area contributed by atoms with Crippen molar-refractivity contribution in [3.63, 3.8) is 0 Å². The van der Waals surface area contributed by atoms with Crippen LogP contribution in [0.1, 0.15) is 0 Å². The Morgan fingerprint density at radius 1 is 1.07 bits per heavy atom. The van der Waals surface area contributed by atoms with Gasteiger partial charge >= 0.3 is 23.3 Å². The summed E-state index contributed by atoms with van der Waals surface area (Å²) in [5.41, 5.74) is 0. The smallest absolute Gasteiger partial charge is 0.340 e.